The molecule has 0 saturated carbocycles. The minimum absolute atomic E-state index is 0.102. The number of urea groups is 1. The molecule has 1 aromatic heterocycles. The van der Waals surface area contributed by atoms with Crippen molar-refractivity contribution < 1.29 is 18.0 Å². The number of halogens is 4. The van der Waals surface area contributed by atoms with Crippen LogP contribution in [0.5, 0.6) is 0 Å². The van der Waals surface area contributed by atoms with Crippen molar-refractivity contribution in [2.75, 3.05) is 5.32 Å². The van der Waals surface area contributed by atoms with Gasteiger partial charge in [0.15, 0.2) is 0 Å². The summed E-state index contributed by atoms with van der Waals surface area (Å²) in [6.07, 6.45) is -2.66. The molecule has 1 unspecified atom stereocenters. The van der Waals surface area contributed by atoms with Gasteiger partial charge in [0.2, 0.25) is 0 Å². The Kier molecular flexibility index (Phi) is 7.74. The van der Waals surface area contributed by atoms with Gasteiger partial charge in [0.1, 0.15) is 0 Å². The number of hydrogen-bond acceptors (Lipinski definition) is 1. The van der Waals surface area contributed by atoms with E-state index in [4.69, 9.17) is 11.6 Å². The Hall–Kier alpha value is -2.93. The highest BCUT2D eigenvalue weighted by molar-refractivity contribution is 6.30. The van der Waals surface area contributed by atoms with Gasteiger partial charge in [-0.05, 0) is 54.8 Å². The van der Waals surface area contributed by atoms with E-state index >= 15 is 0 Å². The molecule has 176 valence electrons. The Labute approximate surface area is 197 Å². The Morgan fingerprint density at radius 1 is 1.06 bits per heavy atom. The first kappa shape index (κ1) is 24.7. The van der Waals surface area contributed by atoms with Gasteiger partial charge >= 0.3 is 12.2 Å². The topological polar surface area (TPSA) is 37.3 Å². The summed E-state index contributed by atoms with van der Waals surface area (Å²) in [5, 5.41) is 3.12. The molecule has 3 rings (SSSR count). The highest BCUT2D eigenvalue weighted by atomic mass is 35.5. The second kappa shape index (κ2) is 10.3. The SMILES string of the molecule is CC(C)C(C)N(Cc1cccn1Cc1cccc(Cl)c1)C(=O)Nc1ccccc1C(F)(F)F. The lowest BCUT2D eigenvalue weighted by molar-refractivity contribution is -0.136. The third-order valence-corrected chi connectivity index (χ3v) is 5.92. The summed E-state index contributed by atoms with van der Waals surface area (Å²) in [5.41, 5.74) is 0.735. The number of nitrogens with zero attached hydrogens (tertiary/aromatic N) is 2. The number of carbonyl (C=O) groups is 1. The second-order valence-electron chi connectivity index (χ2n) is 8.34. The minimum atomic E-state index is -4.57. The van der Waals surface area contributed by atoms with E-state index in [1.54, 1.807) is 11.0 Å². The van der Waals surface area contributed by atoms with Crippen LogP contribution in [0.25, 0.3) is 0 Å². The number of aromatic nitrogens is 1. The van der Waals surface area contributed by atoms with Crippen LogP contribution in [-0.4, -0.2) is 21.5 Å². The molecule has 0 aliphatic carbocycles. The molecule has 33 heavy (non-hydrogen) atoms. The van der Waals surface area contributed by atoms with Gasteiger partial charge in [-0.25, -0.2) is 4.79 Å². The molecular formula is C25H27ClF3N3O. The van der Waals surface area contributed by atoms with Crippen LogP contribution >= 0.6 is 11.6 Å². The standard InChI is InChI=1S/C25H27ClF3N3O/c1-17(2)18(3)32(24(33)30-23-12-5-4-11-22(23)25(27,28)29)16-21-10-7-13-31(21)15-19-8-6-9-20(26)14-19/h4-14,17-18H,15-16H2,1-3H3,(H,30,33). The maximum absolute atomic E-state index is 13.4. The number of para-hydroxylation sites is 1. The molecule has 4 nitrogen and oxygen atoms in total. The third-order valence-electron chi connectivity index (χ3n) is 5.69. The number of anilines is 1. The summed E-state index contributed by atoms with van der Waals surface area (Å²) in [7, 11) is 0. The summed E-state index contributed by atoms with van der Waals surface area (Å²) >= 11 is 6.10. The van der Waals surface area contributed by atoms with Gasteiger partial charge in [0.05, 0.1) is 17.8 Å². The summed E-state index contributed by atoms with van der Waals surface area (Å²) in [4.78, 5) is 14.8. The molecule has 0 fully saturated rings. The fourth-order valence-electron chi connectivity index (χ4n) is 3.54. The molecule has 0 bridgehead atoms. The van der Waals surface area contributed by atoms with E-state index in [1.165, 1.54) is 18.2 Å². The van der Waals surface area contributed by atoms with Crippen LogP contribution in [0.4, 0.5) is 23.7 Å². The van der Waals surface area contributed by atoms with Crippen molar-refractivity contribution in [3.8, 4) is 0 Å². The van der Waals surface area contributed by atoms with E-state index in [0.29, 0.717) is 11.6 Å². The second-order valence-corrected chi connectivity index (χ2v) is 8.78. The molecule has 0 radical (unpaired) electrons. The predicted octanol–water partition coefficient (Wildman–Crippen LogP) is 7.29. The molecule has 1 N–H and O–H groups in total. The first-order valence-corrected chi connectivity index (χ1v) is 11.1. The number of rotatable bonds is 7. The Balaban J connectivity index is 1.85. The van der Waals surface area contributed by atoms with Gasteiger partial charge in [-0.3, -0.25) is 0 Å². The van der Waals surface area contributed by atoms with E-state index in [1.807, 2.05) is 61.9 Å². The quantitative estimate of drug-likeness (QED) is 0.381. The number of alkyl halides is 3. The van der Waals surface area contributed by atoms with Gasteiger partial charge in [-0.15, -0.1) is 0 Å². The third kappa shape index (κ3) is 6.32. The normalized spacial score (nSPS) is 12.6. The van der Waals surface area contributed by atoms with Crippen LogP contribution in [-0.2, 0) is 19.3 Å². The average Bonchev–Trinajstić information content (AvgIpc) is 3.17. The zero-order chi connectivity index (χ0) is 24.2. The fourth-order valence-corrected chi connectivity index (χ4v) is 3.75. The molecule has 2 aromatic carbocycles. The van der Waals surface area contributed by atoms with Crippen LogP contribution in [0.1, 0.15) is 37.6 Å². The van der Waals surface area contributed by atoms with E-state index in [2.05, 4.69) is 5.32 Å². The van der Waals surface area contributed by atoms with Crippen molar-refractivity contribution in [1.29, 1.82) is 0 Å². The molecule has 3 aromatic rings. The summed E-state index contributed by atoms with van der Waals surface area (Å²) in [5.74, 6) is 0.102. The van der Waals surface area contributed by atoms with E-state index in [0.717, 1.165) is 17.3 Å². The van der Waals surface area contributed by atoms with Gasteiger partial charge in [0, 0.05) is 29.5 Å². The lowest BCUT2D eigenvalue weighted by atomic mass is 10.0. The van der Waals surface area contributed by atoms with E-state index < -0.39 is 17.8 Å². The number of nitrogens with one attached hydrogen (secondary N) is 1. The fraction of sp³-hybridized carbons (Fsp3) is 0.320. The van der Waals surface area contributed by atoms with Crippen molar-refractivity contribution in [3.63, 3.8) is 0 Å². The molecular weight excluding hydrogens is 451 g/mol. The van der Waals surface area contributed by atoms with Crippen LogP contribution in [0, 0.1) is 5.92 Å². The Bertz CT molecular complexity index is 1090. The number of amides is 2. The first-order valence-electron chi connectivity index (χ1n) is 10.7. The van der Waals surface area contributed by atoms with Crippen molar-refractivity contribution in [2.45, 2.75) is 46.1 Å². The van der Waals surface area contributed by atoms with E-state index in [-0.39, 0.29) is 24.2 Å². The van der Waals surface area contributed by atoms with E-state index in [9.17, 15) is 18.0 Å². The maximum Gasteiger partial charge on any atom is 0.418 e. The average molecular weight is 478 g/mol. The van der Waals surface area contributed by atoms with Crippen molar-refractivity contribution in [1.82, 2.24) is 9.47 Å². The van der Waals surface area contributed by atoms with Crippen LogP contribution in [0.3, 0.4) is 0 Å². The largest absolute Gasteiger partial charge is 0.418 e. The van der Waals surface area contributed by atoms with Gasteiger partial charge in [0.25, 0.3) is 0 Å². The van der Waals surface area contributed by atoms with Gasteiger partial charge in [-0.2, -0.15) is 13.2 Å². The Morgan fingerprint density at radius 3 is 2.45 bits per heavy atom. The summed E-state index contributed by atoms with van der Waals surface area (Å²) in [6, 6.07) is 15.5. The van der Waals surface area contributed by atoms with Crippen molar-refractivity contribution >= 4 is 23.3 Å². The van der Waals surface area contributed by atoms with Gasteiger partial charge < -0.3 is 14.8 Å². The minimum Gasteiger partial charge on any atom is -0.345 e. The van der Waals surface area contributed by atoms with Gasteiger partial charge in [-0.1, -0.05) is 49.7 Å². The molecule has 0 aliphatic heterocycles. The monoisotopic (exact) mass is 477 g/mol. The number of benzene rings is 2. The highest BCUT2D eigenvalue weighted by Crippen LogP contribution is 2.35. The lowest BCUT2D eigenvalue weighted by Crippen LogP contribution is -2.44. The maximum atomic E-state index is 13.4. The number of carbonyl (C=O) groups excluding carboxylic acids is 1. The van der Waals surface area contributed by atoms with Crippen LogP contribution in [0.2, 0.25) is 5.02 Å². The molecule has 0 aliphatic rings. The highest BCUT2D eigenvalue weighted by Gasteiger charge is 2.34. The van der Waals surface area contributed by atoms with Crippen LogP contribution < -0.4 is 5.32 Å². The molecule has 8 heteroatoms. The predicted molar refractivity (Wildman–Crippen MR) is 125 cm³/mol. The van der Waals surface area contributed by atoms with Crippen LogP contribution in [0.15, 0.2) is 66.9 Å². The van der Waals surface area contributed by atoms with Crippen molar-refractivity contribution in [3.05, 3.63) is 88.7 Å². The zero-order valence-electron chi connectivity index (χ0n) is 18.7. The lowest BCUT2D eigenvalue weighted by Gasteiger charge is -2.32. The first-order chi connectivity index (χ1) is 15.6. The molecule has 1 heterocycles. The molecule has 0 spiro atoms. The van der Waals surface area contributed by atoms with Crippen molar-refractivity contribution in [2.24, 2.45) is 5.92 Å². The molecule has 0 saturated heterocycles. The Morgan fingerprint density at radius 2 is 1.79 bits per heavy atom. The summed E-state index contributed by atoms with van der Waals surface area (Å²) in [6.45, 7) is 6.64. The summed E-state index contributed by atoms with van der Waals surface area (Å²) < 4.78 is 42.2. The zero-order valence-corrected chi connectivity index (χ0v) is 19.5. The molecule has 1 atom stereocenters. The molecule has 2 amide bonds. The smallest absolute Gasteiger partial charge is 0.345 e. The number of hydrogen-bond donors (Lipinski definition) is 1.